The zero-order valence-electron chi connectivity index (χ0n) is 19.7. The van der Waals surface area contributed by atoms with Crippen LogP contribution >= 0.6 is 0 Å². The molecule has 3 rings (SSSR count). The zero-order valence-corrected chi connectivity index (χ0v) is 20.5. The molecule has 33 heavy (non-hydrogen) atoms. The SMILES string of the molecule is CCN(CC)c1ccc(N/C=C(/C#N)C(=O)N2CCN(Cc3ccccc3)CC2)c(C)c1.[Cl-]. The number of carbonyl (C=O) groups is 1. The summed E-state index contributed by atoms with van der Waals surface area (Å²) in [5, 5.41) is 12.7. The summed E-state index contributed by atoms with van der Waals surface area (Å²) in [6, 6.07) is 18.6. The summed E-state index contributed by atoms with van der Waals surface area (Å²) in [5.41, 5.74) is 4.55. The number of anilines is 2. The van der Waals surface area contributed by atoms with E-state index in [9.17, 15) is 10.1 Å². The number of amides is 1. The Kier molecular flexibility index (Phi) is 10.2. The van der Waals surface area contributed by atoms with E-state index in [4.69, 9.17) is 0 Å². The number of hydrogen-bond acceptors (Lipinski definition) is 5. The van der Waals surface area contributed by atoms with Crippen LogP contribution in [0.25, 0.3) is 0 Å². The average Bonchev–Trinajstić information content (AvgIpc) is 2.82. The van der Waals surface area contributed by atoms with Gasteiger partial charge in [0.25, 0.3) is 5.91 Å². The minimum atomic E-state index is -0.211. The molecule has 1 amide bonds. The number of rotatable bonds is 8. The summed E-state index contributed by atoms with van der Waals surface area (Å²) in [6.45, 7) is 12.0. The molecule has 1 heterocycles. The van der Waals surface area contributed by atoms with Gasteiger partial charge in [-0.25, -0.2) is 0 Å². The zero-order chi connectivity index (χ0) is 22.9. The second-order valence-electron chi connectivity index (χ2n) is 8.04. The summed E-state index contributed by atoms with van der Waals surface area (Å²) >= 11 is 0. The fourth-order valence-electron chi connectivity index (χ4n) is 4.01. The van der Waals surface area contributed by atoms with Gasteiger partial charge in [-0.05, 0) is 50.1 Å². The average molecular weight is 467 g/mol. The summed E-state index contributed by atoms with van der Waals surface area (Å²) < 4.78 is 0. The number of nitrogens with zero attached hydrogens (tertiary/aromatic N) is 4. The predicted molar refractivity (Wildman–Crippen MR) is 130 cm³/mol. The van der Waals surface area contributed by atoms with Crippen LogP contribution in [0.4, 0.5) is 11.4 Å². The topological polar surface area (TPSA) is 62.6 Å². The highest BCUT2D eigenvalue weighted by atomic mass is 35.5. The number of nitriles is 1. The minimum absolute atomic E-state index is 0. The maximum absolute atomic E-state index is 12.9. The third-order valence-corrected chi connectivity index (χ3v) is 5.97. The molecule has 1 N–H and O–H groups in total. The van der Waals surface area contributed by atoms with Gasteiger partial charge in [0.2, 0.25) is 0 Å². The van der Waals surface area contributed by atoms with Crippen LogP contribution < -0.4 is 22.6 Å². The highest BCUT2D eigenvalue weighted by Gasteiger charge is 2.23. The van der Waals surface area contributed by atoms with Crippen LogP contribution in [0.15, 0.2) is 60.3 Å². The van der Waals surface area contributed by atoms with E-state index in [0.29, 0.717) is 13.1 Å². The van der Waals surface area contributed by atoms with E-state index in [1.54, 1.807) is 4.90 Å². The van der Waals surface area contributed by atoms with Crippen molar-refractivity contribution in [3.05, 3.63) is 71.4 Å². The quantitative estimate of drug-likeness (QED) is 0.464. The summed E-state index contributed by atoms with van der Waals surface area (Å²) in [5.74, 6) is -0.211. The molecule has 0 spiro atoms. The number of benzene rings is 2. The Hall–Kier alpha value is -3.01. The molecule has 176 valence electrons. The second kappa shape index (κ2) is 12.9. The fourth-order valence-corrected chi connectivity index (χ4v) is 4.01. The Morgan fingerprint density at radius 2 is 1.76 bits per heavy atom. The number of nitrogens with one attached hydrogen (secondary N) is 1. The van der Waals surface area contributed by atoms with Crippen molar-refractivity contribution in [2.45, 2.75) is 27.3 Å². The lowest BCUT2D eigenvalue weighted by Gasteiger charge is -2.34. The van der Waals surface area contributed by atoms with Crippen molar-refractivity contribution >= 4 is 17.3 Å². The van der Waals surface area contributed by atoms with E-state index in [1.807, 2.05) is 31.2 Å². The van der Waals surface area contributed by atoms with Crippen molar-refractivity contribution in [3.8, 4) is 6.07 Å². The lowest BCUT2D eigenvalue weighted by molar-refractivity contribution is -0.128. The third kappa shape index (κ3) is 6.98. The first-order chi connectivity index (χ1) is 15.5. The maximum atomic E-state index is 12.9. The lowest BCUT2D eigenvalue weighted by atomic mass is 10.1. The molecule has 0 aliphatic carbocycles. The van der Waals surface area contributed by atoms with Gasteiger partial charge < -0.3 is 27.5 Å². The molecular weight excluding hydrogens is 434 g/mol. The van der Waals surface area contributed by atoms with Crippen LogP contribution in [0.1, 0.15) is 25.0 Å². The van der Waals surface area contributed by atoms with Gasteiger partial charge in [0, 0.05) is 63.4 Å². The van der Waals surface area contributed by atoms with Crippen LogP contribution in [0.3, 0.4) is 0 Å². The standard InChI is InChI=1S/C26H33N5O.ClH/c1-4-30(5-2)24-11-12-25(21(3)17-24)28-19-23(18-27)26(32)31-15-13-29(14-16-31)20-22-9-7-6-8-10-22;/h6-12,17,19,28H,4-5,13-16,20H2,1-3H3;1H/p-1/b23-19-;. The molecule has 0 atom stereocenters. The van der Waals surface area contributed by atoms with Crippen molar-refractivity contribution in [2.24, 2.45) is 0 Å². The minimum Gasteiger partial charge on any atom is -1.00 e. The molecule has 0 radical (unpaired) electrons. The van der Waals surface area contributed by atoms with Gasteiger partial charge in [-0.15, -0.1) is 0 Å². The third-order valence-electron chi connectivity index (χ3n) is 5.97. The Morgan fingerprint density at radius 3 is 2.33 bits per heavy atom. The molecule has 2 aromatic carbocycles. The summed E-state index contributed by atoms with van der Waals surface area (Å²) in [7, 11) is 0. The first-order valence-corrected chi connectivity index (χ1v) is 11.3. The molecule has 0 unspecified atom stereocenters. The van der Waals surface area contributed by atoms with E-state index < -0.39 is 0 Å². The van der Waals surface area contributed by atoms with Gasteiger partial charge in [-0.1, -0.05) is 30.3 Å². The van der Waals surface area contributed by atoms with Crippen LogP contribution in [0.2, 0.25) is 0 Å². The highest BCUT2D eigenvalue weighted by Crippen LogP contribution is 2.23. The normalized spacial score (nSPS) is 14.2. The van der Waals surface area contributed by atoms with E-state index in [-0.39, 0.29) is 23.9 Å². The van der Waals surface area contributed by atoms with Crippen LogP contribution in [-0.2, 0) is 11.3 Å². The molecular formula is C26H33ClN5O-. The number of carbonyl (C=O) groups excluding carboxylic acids is 1. The molecule has 0 saturated carbocycles. The van der Waals surface area contributed by atoms with Crippen molar-refractivity contribution in [1.82, 2.24) is 9.80 Å². The van der Waals surface area contributed by atoms with Crippen LogP contribution in [0, 0.1) is 18.3 Å². The second-order valence-corrected chi connectivity index (χ2v) is 8.04. The van der Waals surface area contributed by atoms with Gasteiger partial charge in [0.15, 0.2) is 0 Å². The molecule has 1 saturated heterocycles. The molecule has 7 heteroatoms. The molecule has 2 aromatic rings. The number of piperazine rings is 1. The van der Waals surface area contributed by atoms with Gasteiger partial charge in [-0.3, -0.25) is 9.69 Å². The molecule has 6 nitrogen and oxygen atoms in total. The maximum Gasteiger partial charge on any atom is 0.266 e. The van der Waals surface area contributed by atoms with Crippen molar-refractivity contribution in [1.29, 1.82) is 5.26 Å². The first kappa shape index (κ1) is 26.2. The van der Waals surface area contributed by atoms with Gasteiger partial charge in [-0.2, -0.15) is 5.26 Å². The van der Waals surface area contributed by atoms with Crippen LogP contribution in [0.5, 0.6) is 0 Å². The van der Waals surface area contributed by atoms with E-state index in [1.165, 1.54) is 17.5 Å². The first-order valence-electron chi connectivity index (χ1n) is 11.3. The van der Waals surface area contributed by atoms with Gasteiger partial charge in [0.05, 0.1) is 0 Å². The number of halogens is 1. The van der Waals surface area contributed by atoms with E-state index >= 15 is 0 Å². The highest BCUT2D eigenvalue weighted by molar-refractivity contribution is 5.97. The Balaban J connectivity index is 0.00000385. The number of hydrogen-bond donors (Lipinski definition) is 1. The van der Waals surface area contributed by atoms with Crippen LogP contribution in [-0.4, -0.2) is 55.0 Å². The molecule has 0 bridgehead atoms. The molecule has 0 aromatic heterocycles. The molecule has 1 aliphatic heterocycles. The monoisotopic (exact) mass is 466 g/mol. The summed E-state index contributed by atoms with van der Waals surface area (Å²) in [4.78, 5) is 19.3. The smallest absolute Gasteiger partial charge is 0.266 e. The Labute approximate surface area is 203 Å². The predicted octanol–water partition coefficient (Wildman–Crippen LogP) is 1.01. The molecule has 1 aliphatic rings. The van der Waals surface area contributed by atoms with Crippen molar-refractivity contribution in [2.75, 3.05) is 49.5 Å². The van der Waals surface area contributed by atoms with Gasteiger partial charge >= 0.3 is 0 Å². The lowest BCUT2D eigenvalue weighted by Crippen LogP contribution is -3.00. The fraction of sp³-hybridized carbons (Fsp3) is 0.385. The van der Waals surface area contributed by atoms with E-state index in [2.05, 4.69) is 59.3 Å². The number of aryl methyl sites for hydroxylation is 1. The summed E-state index contributed by atoms with van der Waals surface area (Å²) in [6.07, 6.45) is 1.54. The Morgan fingerprint density at radius 1 is 1.09 bits per heavy atom. The largest absolute Gasteiger partial charge is 1.00 e. The Bertz CT molecular complexity index is 974. The molecule has 1 fully saturated rings. The van der Waals surface area contributed by atoms with Gasteiger partial charge in [0.1, 0.15) is 11.6 Å². The van der Waals surface area contributed by atoms with Crippen molar-refractivity contribution in [3.63, 3.8) is 0 Å². The van der Waals surface area contributed by atoms with E-state index in [0.717, 1.165) is 44.0 Å². The van der Waals surface area contributed by atoms with Crippen molar-refractivity contribution < 1.29 is 17.2 Å².